The molecule has 172 valence electrons. The number of benzene rings is 2. The standard InChI is InChI=1S/C24H24ClN3O5/c25-18-13-15(14-20-22(18)33-12-11-32-20)5-6-21(29)27-19-4-2-1-3-17(19)24(31)28-9-7-16(8-10-28)23(26)30/h1-6,13-14,16H,7-12H2,(H2,26,30)(H,27,29)/b6-5+. The molecule has 2 aromatic rings. The summed E-state index contributed by atoms with van der Waals surface area (Å²) in [5.74, 6) is -0.101. The van der Waals surface area contributed by atoms with Gasteiger partial charge in [0.1, 0.15) is 13.2 Å². The summed E-state index contributed by atoms with van der Waals surface area (Å²) in [7, 11) is 0. The normalized spacial score (nSPS) is 16.0. The number of primary amides is 1. The smallest absolute Gasteiger partial charge is 0.255 e. The van der Waals surface area contributed by atoms with Gasteiger partial charge in [0.25, 0.3) is 5.91 Å². The van der Waals surface area contributed by atoms with E-state index in [-0.39, 0.29) is 17.7 Å². The van der Waals surface area contributed by atoms with Gasteiger partial charge in [0.05, 0.1) is 16.3 Å². The lowest BCUT2D eigenvalue weighted by molar-refractivity contribution is -0.123. The molecular weight excluding hydrogens is 446 g/mol. The molecule has 0 radical (unpaired) electrons. The van der Waals surface area contributed by atoms with E-state index in [2.05, 4.69) is 5.32 Å². The van der Waals surface area contributed by atoms with Crippen molar-refractivity contribution in [2.24, 2.45) is 11.7 Å². The maximum absolute atomic E-state index is 13.0. The molecule has 0 aliphatic carbocycles. The molecule has 2 heterocycles. The van der Waals surface area contributed by atoms with Crippen LogP contribution in [0.25, 0.3) is 6.08 Å². The van der Waals surface area contributed by atoms with Crippen LogP contribution in [0.2, 0.25) is 5.02 Å². The van der Waals surface area contributed by atoms with E-state index < -0.39 is 5.91 Å². The van der Waals surface area contributed by atoms with Crippen LogP contribution in [-0.2, 0) is 9.59 Å². The monoisotopic (exact) mass is 469 g/mol. The Bertz CT molecular complexity index is 1110. The van der Waals surface area contributed by atoms with Crippen LogP contribution in [-0.4, -0.2) is 48.9 Å². The zero-order valence-corrected chi connectivity index (χ0v) is 18.6. The molecule has 2 aromatic carbocycles. The highest BCUT2D eigenvalue weighted by Crippen LogP contribution is 2.38. The molecule has 0 unspecified atom stereocenters. The third kappa shape index (κ3) is 5.28. The van der Waals surface area contributed by atoms with Crippen molar-refractivity contribution >= 4 is 41.1 Å². The fourth-order valence-corrected chi connectivity index (χ4v) is 4.16. The summed E-state index contributed by atoms with van der Waals surface area (Å²) in [5.41, 5.74) is 6.86. The minimum atomic E-state index is -0.395. The van der Waals surface area contributed by atoms with E-state index in [9.17, 15) is 14.4 Å². The van der Waals surface area contributed by atoms with Crippen LogP contribution in [0, 0.1) is 5.92 Å². The fraction of sp³-hybridized carbons (Fsp3) is 0.292. The van der Waals surface area contributed by atoms with Crippen LogP contribution in [0.3, 0.4) is 0 Å². The van der Waals surface area contributed by atoms with Crippen molar-refractivity contribution in [3.05, 3.63) is 58.6 Å². The van der Waals surface area contributed by atoms with Gasteiger partial charge in [-0.1, -0.05) is 23.7 Å². The summed E-state index contributed by atoms with van der Waals surface area (Å²) in [5, 5.41) is 3.17. The summed E-state index contributed by atoms with van der Waals surface area (Å²) in [6.45, 7) is 1.76. The van der Waals surface area contributed by atoms with Crippen LogP contribution >= 0.6 is 11.6 Å². The van der Waals surface area contributed by atoms with Gasteiger partial charge in [0.2, 0.25) is 11.8 Å². The predicted molar refractivity (Wildman–Crippen MR) is 124 cm³/mol. The van der Waals surface area contributed by atoms with Crippen LogP contribution in [0.15, 0.2) is 42.5 Å². The number of fused-ring (bicyclic) bond motifs is 1. The van der Waals surface area contributed by atoms with E-state index in [0.29, 0.717) is 72.5 Å². The second-order valence-corrected chi connectivity index (χ2v) is 8.27. The van der Waals surface area contributed by atoms with Crippen LogP contribution < -0.4 is 20.5 Å². The SMILES string of the molecule is NC(=O)C1CCN(C(=O)c2ccccc2NC(=O)/C=C/c2cc(Cl)c3c(c2)OCCO3)CC1. The first-order valence-corrected chi connectivity index (χ1v) is 11.1. The zero-order chi connectivity index (χ0) is 23.4. The molecule has 3 N–H and O–H groups in total. The quantitative estimate of drug-likeness (QED) is 0.653. The lowest BCUT2D eigenvalue weighted by Crippen LogP contribution is -2.42. The third-order valence-corrected chi connectivity index (χ3v) is 5.93. The van der Waals surface area contributed by atoms with E-state index in [4.69, 9.17) is 26.8 Å². The van der Waals surface area contributed by atoms with Crippen molar-refractivity contribution < 1.29 is 23.9 Å². The fourth-order valence-electron chi connectivity index (χ4n) is 3.89. The molecule has 2 aliphatic heterocycles. The topological polar surface area (TPSA) is 111 Å². The van der Waals surface area contributed by atoms with Crippen molar-refractivity contribution in [1.82, 2.24) is 4.90 Å². The largest absolute Gasteiger partial charge is 0.486 e. The van der Waals surface area contributed by atoms with Gasteiger partial charge in [-0.25, -0.2) is 0 Å². The lowest BCUT2D eigenvalue weighted by Gasteiger charge is -2.31. The van der Waals surface area contributed by atoms with Crippen LogP contribution in [0.1, 0.15) is 28.8 Å². The number of nitrogens with zero attached hydrogens (tertiary/aromatic N) is 1. The number of rotatable bonds is 5. The van der Waals surface area contributed by atoms with Gasteiger partial charge < -0.3 is 25.4 Å². The molecule has 4 rings (SSSR count). The summed E-state index contributed by atoms with van der Waals surface area (Å²) in [6.07, 6.45) is 4.05. The van der Waals surface area contributed by atoms with Gasteiger partial charge in [-0.15, -0.1) is 0 Å². The number of nitrogens with one attached hydrogen (secondary N) is 1. The summed E-state index contributed by atoms with van der Waals surface area (Å²) < 4.78 is 11.1. The number of ether oxygens (including phenoxy) is 2. The van der Waals surface area contributed by atoms with E-state index in [1.165, 1.54) is 6.08 Å². The van der Waals surface area contributed by atoms with E-state index in [0.717, 1.165) is 0 Å². The second kappa shape index (κ2) is 9.95. The van der Waals surface area contributed by atoms with E-state index in [1.54, 1.807) is 47.4 Å². The molecule has 33 heavy (non-hydrogen) atoms. The Morgan fingerprint density at radius 2 is 1.82 bits per heavy atom. The number of carbonyl (C=O) groups excluding carboxylic acids is 3. The number of hydrogen-bond acceptors (Lipinski definition) is 5. The van der Waals surface area contributed by atoms with Crippen molar-refractivity contribution in [2.45, 2.75) is 12.8 Å². The molecule has 1 fully saturated rings. The Kier molecular flexibility index (Phi) is 6.84. The minimum Gasteiger partial charge on any atom is -0.486 e. The highest BCUT2D eigenvalue weighted by molar-refractivity contribution is 6.32. The number of para-hydroxylation sites is 1. The number of piperidine rings is 1. The average Bonchev–Trinajstić information content (AvgIpc) is 2.83. The highest BCUT2D eigenvalue weighted by Gasteiger charge is 2.27. The molecule has 8 nitrogen and oxygen atoms in total. The van der Waals surface area contributed by atoms with Crippen LogP contribution in [0.4, 0.5) is 5.69 Å². The molecule has 0 saturated carbocycles. The lowest BCUT2D eigenvalue weighted by atomic mass is 9.95. The molecule has 9 heteroatoms. The van der Waals surface area contributed by atoms with Gasteiger partial charge >= 0.3 is 0 Å². The first-order chi connectivity index (χ1) is 15.9. The number of carbonyl (C=O) groups is 3. The number of nitrogens with two attached hydrogens (primary N) is 1. The Balaban J connectivity index is 1.43. The first kappa shape index (κ1) is 22.7. The Hall–Kier alpha value is -3.52. The number of anilines is 1. The van der Waals surface area contributed by atoms with Gasteiger partial charge in [0.15, 0.2) is 11.5 Å². The van der Waals surface area contributed by atoms with Gasteiger partial charge in [-0.05, 0) is 48.7 Å². The molecule has 0 atom stereocenters. The number of hydrogen-bond donors (Lipinski definition) is 2. The Labute approximate surface area is 196 Å². The summed E-state index contributed by atoms with van der Waals surface area (Å²) in [6, 6.07) is 10.3. The maximum Gasteiger partial charge on any atom is 0.255 e. The molecular formula is C24H24ClN3O5. The molecule has 0 aromatic heterocycles. The number of likely N-dealkylation sites (tertiary alicyclic amines) is 1. The highest BCUT2D eigenvalue weighted by atomic mass is 35.5. The second-order valence-electron chi connectivity index (χ2n) is 7.86. The summed E-state index contributed by atoms with van der Waals surface area (Å²) >= 11 is 6.24. The Morgan fingerprint density at radius 3 is 2.58 bits per heavy atom. The van der Waals surface area contributed by atoms with Crippen molar-refractivity contribution in [3.8, 4) is 11.5 Å². The molecule has 1 saturated heterocycles. The predicted octanol–water partition coefficient (Wildman–Crippen LogP) is 3.10. The van der Waals surface area contributed by atoms with E-state index >= 15 is 0 Å². The number of halogens is 1. The molecule has 0 spiro atoms. The average molecular weight is 470 g/mol. The van der Waals surface area contributed by atoms with Crippen molar-refractivity contribution in [1.29, 1.82) is 0 Å². The first-order valence-electron chi connectivity index (χ1n) is 10.7. The zero-order valence-electron chi connectivity index (χ0n) is 17.9. The Morgan fingerprint density at radius 1 is 1.09 bits per heavy atom. The van der Waals surface area contributed by atoms with Gasteiger partial charge in [-0.2, -0.15) is 0 Å². The van der Waals surface area contributed by atoms with Crippen molar-refractivity contribution in [2.75, 3.05) is 31.6 Å². The summed E-state index contributed by atoms with van der Waals surface area (Å²) in [4.78, 5) is 38.6. The van der Waals surface area contributed by atoms with Crippen molar-refractivity contribution in [3.63, 3.8) is 0 Å². The molecule has 3 amide bonds. The third-order valence-electron chi connectivity index (χ3n) is 5.65. The van der Waals surface area contributed by atoms with Gasteiger partial charge in [0, 0.05) is 25.1 Å². The van der Waals surface area contributed by atoms with Crippen LogP contribution in [0.5, 0.6) is 11.5 Å². The number of amides is 3. The van der Waals surface area contributed by atoms with Gasteiger partial charge in [-0.3, -0.25) is 14.4 Å². The molecule has 2 aliphatic rings. The van der Waals surface area contributed by atoms with E-state index in [1.807, 2.05) is 0 Å². The maximum atomic E-state index is 13.0. The minimum absolute atomic E-state index is 0.198. The molecule has 0 bridgehead atoms.